The van der Waals surface area contributed by atoms with Gasteiger partial charge in [-0.25, -0.2) is 0 Å². The molecule has 1 aliphatic rings. The number of anilines is 2. The van der Waals surface area contributed by atoms with Crippen LogP contribution in [0.2, 0.25) is 5.02 Å². The first kappa shape index (κ1) is 19.7. The number of nitro benzene ring substituents is 1. The van der Waals surface area contributed by atoms with E-state index < -0.39 is 4.92 Å². The topological polar surface area (TPSA) is 90.1 Å². The van der Waals surface area contributed by atoms with Crippen molar-refractivity contribution in [3.8, 4) is 11.5 Å². The Labute approximate surface area is 177 Å². The zero-order valence-corrected chi connectivity index (χ0v) is 16.7. The molecule has 0 bridgehead atoms. The molecule has 9 heteroatoms. The molecule has 0 spiro atoms. The third-order valence-corrected chi connectivity index (χ3v) is 4.89. The zero-order valence-electron chi connectivity index (χ0n) is 16.0. The Hall–Kier alpha value is -3.65. The maximum Gasteiger partial charge on any atom is 0.311 e. The summed E-state index contributed by atoms with van der Waals surface area (Å²) >= 11 is 6.44. The number of halogens is 1. The summed E-state index contributed by atoms with van der Waals surface area (Å²) in [5.74, 6) is 0.716. The van der Waals surface area contributed by atoms with E-state index in [2.05, 4.69) is 9.98 Å². The Bertz CT molecular complexity index is 1120. The van der Waals surface area contributed by atoms with Gasteiger partial charge in [0.2, 0.25) is 0 Å². The van der Waals surface area contributed by atoms with Crippen LogP contribution < -0.4 is 14.4 Å². The van der Waals surface area contributed by atoms with E-state index in [1.54, 1.807) is 30.6 Å². The second-order valence-electron chi connectivity index (χ2n) is 6.45. The standard InChI is InChI=1S/C21H17ClN4O4/c1-29-21-10-18-14(8-19(21)26(27)28)11-23-13-25(18)16-5-6-20(17(22)9-16)30-12-15-4-2-3-7-24-15/h2-11H,12-13H2,1H3. The molecule has 1 aliphatic heterocycles. The SMILES string of the molecule is COc1cc2c(cc1[N+](=O)[O-])C=NCN2c1ccc(OCc2ccccn2)c(Cl)c1. The highest BCUT2D eigenvalue weighted by Crippen LogP contribution is 2.40. The number of fused-ring (bicyclic) bond motifs is 1. The summed E-state index contributed by atoms with van der Waals surface area (Å²) in [5.41, 5.74) is 2.83. The molecule has 0 saturated carbocycles. The third-order valence-electron chi connectivity index (χ3n) is 4.60. The molecule has 152 valence electrons. The Kier molecular flexibility index (Phi) is 5.49. The van der Waals surface area contributed by atoms with Gasteiger partial charge in [0.1, 0.15) is 19.0 Å². The molecule has 0 saturated heterocycles. The van der Waals surface area contributed by atoms with Gasteiger partial charge in [0.15, 0.2) is 5.75 Å². The maximum absolute atomic E-state index is 11.3. The molecule has 8 nitrogen and oxygen atoms in total. The lowest BCUT2D eigenvalue weighted by Crippen LogP contribution is -2.22. The van der Waals surface area contributed by atoms with Crippen molar-refractivity contribution in [1.29, 1.82) is 0 Å². The van der Waals surface area contributed by atoms with Crippen molar-refractivity contribution in [3.05, 3.63) is 81.1 Å². The van der Waals surface area contributed by atoms with Crippen molar-refractivity contribution in [3.63, 3.8) is 0 Å². The van der Waals surface area contributed by atoms with E-state index in [0.29, 0.717) is 29.6 Å². The highest BCUT2D eigenvalue weighted by Gasteiger charge is 2.24. The fraction of sp³-hybridized carbons (Fsp3) is 0.143. The fourth-order valence-corrected chi connectivity index (χ4v) is 3.37. The van der Waals surface area contributed by atoms with Crippen molar-refractivity contribution in [2.24, 2.45) is 4.99 Å². The Morgan fingerprint density at radius 1 is 1.20 bits per heavy atom. The minimum atomic E-state index is -0.476. The number of aliphatic imine (C=N–C) groups is 1. The van der Waals surface area contributed by atoms with E-state index in [0.717, 1.165) is 17.1 Å². The smallest absolute Gasteiger partial charge is 0.311 e. The van der Waals surface area contributed by atoms with Crippen LogP contribution >= 0.6 is 11.6 Å². The van der Waals surface area contributed by atoms with Crippen LogP contribution in [0.25, 0.3) is 0 Å². The summed E-state index contributed by atoms with van der Waals surface area (Å²) in [4.78, 5) is 21.3. The normalized spacial score (nSPS) is 12.4. The first-order valence-corrected chi connectivity index (χ1v) is 9.40. The van der Waals surface area contributed by atoms with Gasteiger partial charge in [-0.3, -0.25) is 20.1 Å². The maximum atomic E-state index is 11.3. The summed E-state index contributed by atoms with van der Waals surface area (Å²) in [6.07, 6.45) is 3.32. The summed E-state index contributed by atoms with van der Waals surface area (Å²) in [7, 11) is 1.40. The molecule has 3 aromatic rings. The van der Waals surface area contributed by atoms with Crippen LogP contribution in [-0.2, 0) is 6.61 Å². The van der Waals surface area contributed by atoms with E-state index in [9.17, 15) is 10.1 Å². The van der Waals surface area contributed by atoms with Crippen molar-refractivity contribution in [2.45, 2.75) is 6.61 Å². The molecule has 1 aromatic heterocycles. The minimum Gasteiger partial charge on any atom is -0.490 e. The highest BCUT2D eigenvalue weighted by atomic mass is 35.5. The molecular weight excluding hydrogens is 408 g/mol. The molecule has 0 unspecified atom stereocenters. The number of hydrogen-bond donors (Lipinski definition) is 0. The zero-order chi connectivity index (χ0) is 21.1. The first-order chi connectivity index (χ1) is 14.6. The van der Waals surface area contributed by atoms with E-state index in [1.165, 1.54) is 13.2 Å². The Balaban J connectivity index is 1.61. The molecule has 0 fully saturated rings. The van der Waals surface area contributed by atoms with Crippen molar-refractivity contribution < 1.29 is 14.4 Å². The van der Waals surface area contributed by atoms with Gasteiger partial charge in [-0.2, -0.15) is 0 Å². The van der Waals surface area contributed by atoms with Gasteiger partial charge < -0.3 is 14.4 Å². The largest absolute Gasteiger partial charge is 0.490 e. The average Bonchev–Trinajstić information content (AvgIpc) is 2.77. The van der Waals surface area contributed by atoms with E-state index in [4.69, 9.17) is 21.1 Å². The molecule has 4 rings (SSSR count). The number of rotatable bonds is 6. The third kappa shape index (κ3) is 3.90. The quantitative estimate of drug-likeness (QED) is 0.418. The second-order valence-corrected chi connectivity index (χ2v) is 6.85. The summed E-state index contributed by atoms with van der Waals surface area (Å²) < 4.78 is 11.0. The molecular formula is C21H17ClN4O4. The summed E-state index contributed by atoms with van der Waals surface area (Å²) in [5, 5.41) is 11.7. The Morgan fingerprint density at radius 2 is 2.07 bits per heavy atom. The van der Waals surface area contributed by atoms with Gasteiger partial charge in [0.05, 0.1) is 28.4 Å². The van der Waals surface area contributed by atoms with Gasteiger partial charge in [-0.15, -0.1) is 0 Å². The number of nitro groups is 1. The predicted octanol–water partition coefficient (Wildman–Crippen LogP) is 4.76. The van der Waals surface area contributed by atoms with Gasteiger partial charge in [0, 0.05) is 35.8 Å². The van der Waals surface area contributed by atoms with Gasteiger partial charge >= 0.3 is 5.69 Å². The molecule has 0 aliphatic carbocycles. The van der Waals surface area contributed by atoms with E-state index in [-0.39, 0.29) is 11.4 Å². The van der Waals surface area contributed by atoms with Crippen LogP contribution in [0.5, 0.6) is 11.5 Å². The Morgan fingerprint density at radius 3 is 2.77 bits per heavy atom. The molecule has 30 heavy (non-hydrogen) atoms. The van der Waals surface area contributed by atoms with Crippen LogP contribution in [0.1, 0.15) is 11.3 Å². The lowest BCUT2D eigenvalue weighted by atomic mass is 10.1. The number of benzene rings is 2. The number of ether oxygens (including phenoxy) is 2. The van der Waals surface area contributed by atoms with E-state index in [1.807, 2.05) is 29.2 Å². The first-order valence-electron chi connectivity index (χ1n) is 9.03. The van der Waals surface area contributed by atoms with Gasteiger partial charge in [0.25, 0.3) is 0 Å². The van der Waals surface area contributed by atoms with Crippen LogP contribution in [0.15, 0.2) is 59.7 Å². The van der Waals surface area contributed by atoms with Crippen LogP contribution in [0.3, 0.4) is 0 Å². The monoisotopic (exact) mass is 424 g/mol. The molecule has 0 atom stereocenters. The van der Waals surface area contributed by atoms with Crippen molar-refractivity contribution in [2.75, 3.05) is 18.7 Å². The lowest BCUT2D eigenvalue weighted by molar-refractivity contribution is -0.385. The minimum absolute atomic E-state index is 0.110. The fourth-order valence-electron chi connectivity index (χ4n) is 3.14. The van der Waals surface area contributed by atoms with Gasteiger partial charge in [-0.05, 0) is 30.3 Å². The number of aromatic nitrogens is 1. The number of hydrogen-bond acceptors (Lipinski definition) is 7. The van der Waals surface area contributed by atoms with Crippen LogP contribution in [-0.4, -0.2) is 29.9 Å². The molecule has 2 heterocycles. The second kappa shape index (κ2) is 8.38. The van der Waals surface area contributed by atoms with Crippen molar-refractivity contribution >= 4 is 34.9 Å². The molecule has 0 N–H and O–H groups in total. The van der Waals surface area contributed by atoms with Crippen LogP contribution in [0, 0.1) is 10.1 Å². The summed E-state index contributed by atoms with van der Waals surface area (Å²) in [6.45, 7) is 0.649. The highest BCUT2D eigenvalue weighted by molar-refractivity contribution is 6.32. The molecule has 2 aromatic carbocycles. The number of nitrogens with zero attached hydrogens (tertiary/aromatic N) is 4. The molecule has 0 amide bonds. The van der Waals surface area contributed by atoms with Gasteiger partial charge in [-0.1, -0.05) is 17.7 Å². The average molecular weight is 425 g/mol. The predicted molar refractivity (Wildman–Crippen MR) is 114 cm³/mol. The molecule has 0 radical (unpaired) electrons. The van der Waals surface area contributed by atoms with E-state index >= 15 is 0 Å². The number of pyridine rings is 1. The summed E-state index contributed by atoms with van der Waals surface area (Å²) in [6, 6.07) is 14.1. The van der Waals surface area contributed by atoms with Crippen molar-refractivity contribution in [1.82, 2.24) is 4.98 Å². The van der Waals surface area contributed by atoms with Crippen LogP contribution in [0.4, 0.5) is 17.1 Å². The number of methoxy groups -OCH3 is 1. The lowest BCUT2D eigenvalue weighted by Gasteiger charge is -2.28.